The first kappa shape index (κ1) is 15.6. The van der Waals surface area contributed by atoms with Gasteiger partial charge in [-0.05, 0) is 32.2 Å². The topological polar surface area (TPSA) is 33.7 Å². The minimum Gasteiger partial charge on any atom is -0.492 e. The largest absolute Gasteiger partial charge is 0.492 e. The lowest BCUT2D eigenvalue weighted by Crippen LogP contribution is -2.38. The van der Waals surface area contributed by atoms with Gasteiger partial charge in [0.25, 0.3) is 0 Å². The van der Waals surface area contributed by atoms with E-state index in [4.69, 9.17) is 21.1 Å². The Bertz CT molecular complexity index is 422. The minimum absolute atomic E-state index is 0.215. The molecule has 0 radical (unpaired) electrons. The number of ether oxygens (including phenoxy) is 2. The van der Waals surface area contributed by atoms with Gasteiger partial charge in [-0.15, -0.1) is 0 Å². The molecule has 1 aromatic rings. The summed E-state index contributed by atoms with van der Waals surface area (Å²) < 4.78 is 11.3. The van der Waals surface area contributed by atoms with E-state index in [1.807, 2.05) is 25.2 Å². The predicted molar refractivity (Wildman–Crippen MR) is 81.7 cm³/mol. The normalized spacial score (nSPS) is 17.9. The number of hydrogen-bond acceptors (Lipinski definition) is 4. The predicted octanol–water partition coefficient (Wildman–Crippen LogP) is 2.33. The van der Waals surface area contributed by atoms with Crippen molar-refractivity contribution in [2.75, 3.05) is 46.5 Å². The molecule has 5 heteroatoms. The highest BCUT2D eigenvalue weighted by Gasteiger charge is 2.13. The van der Waals surface area contributed by atoms with E-state index in [0.717, 1.165) is 49.2 Å². The van der Waals surface area contributed by atoms with Crippen molar-refractivity contribution in [1.29, 1.82) is 0 Å². The molecule has 4 nitrogen and oxygen atoms in total. The Hall–Kier alpha value is -0.810. The number of nitrogens with one attached hydrogen (secondary N) is 1. The number of benzene rings is 1. The highest BCUT2D eigenvalue weighted by molar-refractivity contribution is 6.30. The first-order valence-electron chi connectivity index (χ1n) is 7.10. The van der Waals surface area contributed by atoms with Crippen molar-refractivity contribution in [3.63, 3.8) is 0 Å². The van der Waals surface area contributed by atoms with Crippen molar-refractivity contribution >= 4 is 11.6 Å². The van der Waals surface area contributed by atoms with Crippen LogP contribution in [0.5, 0.6) is 5.75 Å². The van der Waals surface area contributed by atoms with Crippen molar-refractivity contribution in [1.82, 2.24) is 10.2 Å². The van der Waals surface area contributed by atoms with E-state index in [1.165, 1.54) is 0 Å². The van der Waals surface area contributed by atoms with E-state index < -0.39 is 0 Å². The molecule has 0 aromatic heterocycles. The summed E-state index contributed by atoms with van der Waals surface area (Å²) in [5.74, 6) is 0.907. The van der Waals surface area contributed by atoms with Crippen LogP contribution in [0.2, 0.25) is 5.02 Å². The second kappa shape index (κ2) is 7.84. The Morgan fingerprint density at radius 3 is 2.85 bits per heavy atom. The molecule has 20 heavy (non-hydrogen) atoms. The Morgan fingerprint density at radius 2 is 2.15 bits per heavy atom. The van der Waals surface area contributed by atoms with E-state index in [1.54, 1.807) is 0 Å². The van der Waals surface area contributed by atoms with Gasteiger partial charge in [0, 0.05) is 36.3 Å². The SMILES string of the molecule is CNC(C)c1cc(Cl)ccc1OCCN1CCOCC1. The van der Waals surface area contributed by atoms with Gasteiger partial charge in [0.05, 0.1) is 13.2 Å². The van der Waals surface area contributed by atoms with Crippen molar-refractivity contribution in [3.05, 3.63) is 28.8 Å². The molecule has 1 aromatic carbocycles. The Labute approximate surface area is 126 Å². The Kier molecular flexibility index (Phi) is 6.10. The zero-order valence-electron chi connectivity index (χ0n) is 12.2. The first-order chi connectivity index (χ1) is 9.70. The van der Waals surface area contributed by atoms with Crippen LogP contribution in [0, 0.1) is 0 Å². The third-order valence-corrected chi connectivity index (χ3v) is 3.88. The van der Waals surface area contributed by atoms with Crippen molar-refractivity contribution in [2.45, 2.75) is 13.0 Å². The fourth-order valence-corrected chi connectivity index (χ4v) is 2.43. The number of rotatable bonds is 6. The van der Waals surface area contributed by atoms with Gasteiger partial charge in [-0.3, -0.25) is 4.90 Å². The molecular weight excluding hydrogens is 276 g/mol. The van der Waals surface area contributed by atoms with Gasteiger partial charge in [-0.2, -0.15) is 0 Å². The number of hydrogen-bond donors (Lipinski definition) is 1. The van der Waals surface area contributed by atoms with Gasteiger partial charge in [-0.25, -0.2) is 0 Å². The quantitative estimate of drug-likeness (QED) is 0.874. The van der Waals surface area contributed by atoms with Gasteiger partial charge in [-0.1, -0.05) is 11.6 Å². The highest BCUT2D eigenvalue weighted by atomic mass is 35.5. The summed E-state index contributed by atoms with van der Waals surface area (Å²) in [4.78, 5) is 2.36. The molecule has 0 amide bonds. The molecule has 2 rings (SSSR count). The summed E-state index contributed by atoms with van der Waals surface area (Å²) in [7, 11) is 1.93. The molecule has 0 spiro atoms. The van der Waals surface area contributed by atoms with E-state index in [0.29, 0.717) is 6.61 Å². The molecule has 1 heterocycles. The summed E-state index contributed by atoms with van der Waals surface area (Å²) in [6, 6.07) is 6.00. The summed E-state index contributed by atoms with van der Waals surface area (Å²) in [6.07, 6.45) is 0. The van der Waals surface area contributed by atoms with Crippen molar-refractivity contribution in [2.24, 2.45) is 0 Å². The minimum atomic E-state index is 0.215. The number of nitrogens with zero attached hydrogens (tertiary/aromatic N) is 1. The zero-order chi connectivity index (χ0) is 14.4. The maximum absolute atomic E-state index is 6.07. The van der Waals surface area contributed by atoms with Crippen LogP contribution >= 0.6 is 11.6 Å². The third-order valence-electron chi connectivity index (χ3n) is 3.64. The summed E-state index contributed by atoms with van der Waals surface area (Å²) in [5, 5.41) is 3.96. The summed E-state index contributed by atoms with van der Waals surface area (Å²) in [6.45, 7) is 7.34. The standard InChI is InChI=1S/C15H23ClN2O2/c1-12(17-2)14-11-13(16)3-4-15(14)20-10-7-18-5-8-19-9-6-18/h3-4,11-12,17H,5-10H2,1-2H3. The first-order valence-corrected chi connectivity index (χ1v) is 7.48. The maximum atomic E-state index is 6.07. The van der Waals surface area contributed by atoms with Crippen LogP contribution in [-0.2, 0) is 4.74 Å². The maximum Gasteiger partial charge on any atom is 0.124 e. The molecule has 0 saturated carbocycles. The van der Waals surface area contributed by atoms with Gasteiger partial charge >= 0.3 is 0 Å². The van der Waals surface area contributed by atoms with E-state index in [-0.39, 0.29) is 6.04 Å². The Balaban J connectivity index is 1.91. The van der Waals surface area contributed by atoms with Crippen molar-refractivity contribution in [3.8, 4) is 5.75 Å². The van der Waals surface area contributed by atoms with Gasteiger partial charge in [0.15, 0.2) is 0 Å². The molecule has 1 saturated heterocycles. The molecule has 1 aliphatic heterocycles. The number of halogens is 1. The molecule has 1 N–H and O–H groups in total. The highest BCUT2D eigenvalue weighted by Crippen LogP contribution is 2.28. The fourth-order valence-electron chi connectivity index (χ4n) is 2.25. The molecule has 0 bridgehead atoms. The number of morpholine rings is 1. The van der Waals surface area contributed by atoms with Crippen molar-refractivity contribution < 1.29 is 9.47 Å². The van der Waals surface area contributed by atoms with Gasteiger partial charge in [0.2, 0.25) is 0 Å². The van der Waals surface area contributed by atoms with Crippen LogP contribution in [-0.4, -0.2) is 51.4 Å². The lowest BCUT2D eigenvalue weighted by atomic mass is 10.1. The molecule has 0 aliphatic carbocycles. The van der Waals surface area contributed by atoms with E-state index >= 15 is 0 Å². The second-order valence-electron chi connectivity index (χ2n) is 4.99. The molecule has 1 unspecified atom stereocenters. The lowest BCUT2D eigenvalue weighted by Gasteiger charge is -2.26. The fraction of sp³-hybridized carbons (Fsp3) is 0.600. The summed E-state index contributed by atoms with van der Waals surface area (Å²) in [5.41, 5.74) is 1.10. The van der Waals surface area contributed by atoms with Crippen LogP contribution in [0.3, 0.4) is 0 Å². The van der Waals surface area contributed by atoms with Gasteiger partial charge < -0.3 is 14.8 Å². The van der Waals surface area contributed by atoms with E-state index in [9.17, 15) is 0 Å². The summed E-state index contributed by atoms with van der Waals surface area (Å²) >= 11 is 6.07. The van der Waals surface area contributed by atoms with Crippen LogP contribution in [0.15, 0.2) is 18.2 Å². The second-order valence-corrected chi connectivity index (χ2v) is 5.43. The van der Waals surface area contributed by atoms with E-state index in [2.05, 4.69) is 17.1 Å². The van der Waals surface area contributed by atoms with Crippen LogP contribution in [0.25, 0.3) is 0 Å². The average Bonchev–Trinajstić information content (AvgIpc) is 2.49. The Morgan fingerprint density at radius 1 is 1.40 bits per heavy atom. The molecular formula is C15H23ClN2O2. The molecule has 1 fully saturated rings. The molecule has 112 valence electrons. The van der Waals surface area contributed by atoms with Gasteiger partial charge in [0.1, 0.15) is 12.4 Å². The van der Waals surface area contributed by atoms with Crippen LogP contribution in [0.4, 0.5) is 0 Å². The smallest absolute Gasteiger partial charge is 0.124 e. The van der Waals surface area contributed by atoms with Crippen LogP contribution < -0.4 is 10.1 Å². The van der Waals surface area contributed by atoms with Crippen LogP contribution in [0.1, 0.15) is 18.5 Å². The lowest BCUT2D eigenvalue weighted by molar-refractivity contribution is 0.0322. The monoisotopic (exact) mass is 298 g/mol. The molecule has 1 atom stereocenters. The third kappa shape index (κ3) is 4.35. The molecule has 1 aliphatic rings. The zero-order valence-corrected chi connectivity index (χ0v) is 12.9. The average molecular weight is 299 g/mol.